The highest BCUT2D eigenvalue weighted by Gasteiger charge is 2.15. The van der Waals surface area contributed by atoms with Gasteiger partial charge in [-0.05, 0) is 54.1 Å². The summed E-state index contributed by atoms with van der Waals surface area (Å²) in [5.74, 6) is 1.15. The number of thioether (sulfide) groups is 1. The molecule has 0 aliphatic heterocycles. The Morgan fingerprint density at radius 3 is 2.46 bits per heavy atom. The van der Waals surface area contributed by atoms with Gasteiger partial charge in [0.25, 0.3) is 0 Å². The summed E-state index contributed by atoms with van der Waals surface area (Å²) >= 11 is 4.80. The van der Waals surface area contributed by atoms with E-state index < -0.39 is 9.84 Å². The van der Waals surface area contributed by atoms with Crippen LogP contribution in [0.5, 0.6) is 0 Å². The zero-order valence-corrected chi connectivity index (χ0v) is 17.9. The van der Waals surface area contributed by atoms with Crippen molar-refractivity contribution in [3.63, 3.8) is 0 Å². The molecule has 1 aromatic heterocycles. The van der Waals surface area contributed by atoms with Crippen LogP contribution in [0.1, 0.15) is 0 Å². The van der Waals surface area contributed by atoms with Gasteiger partial charge in [-0.15, -0.1) is 5.10 Å². The third-order valence-electron chi connectivity index (χ3n) is 3.69. The number of halogens is 1. The number of hydrogen-bond donors (Lipinski definition) is 0. The molecule has 8 nitrogen and oxygen atoms in total. The summed E-state index contributed by atoms with van der Waals surface area (Å²) in [6.45, 7) is 0.340. The summed E-state index contributed by atoms with van der Waals surface area (Å²) in [6.07, 6.45) is 1.17. The molecule has 2 aromatic carbocycles. The van der Waals surface area contributed by atoms with Crippen LogP contribution < -0.4 is 0 Å². The first-order valence-electron chi connectivity index (χ1n) is 8.05. The van der Waals surface area contributed by atoms with Crippen LogP contribution in [0.25, 0.3) is 27.5 Å². The number of rotatable bonds is 7. The van der Waals surface area contributed by atoms with Crippen molar-refractivity contribution in [2.24, 2.45) is 5.11 Å². The van der Waals surface area contributed by atoms with Crippen molar-refractivity contribution in [1.29, 1.82) is 0 Å². The Hall–Kier alpha value is -2.33. The predicted octanol–water partition coefficient (Wildman–Crippen LogP) is 4.50. The van der Waals surface area contributed by atoms with Crippen LogP contribution in [-0.4, -0.2) is 41.7 Å². The number of sulfone groups is 1. The van der Waals surface area contributed by atoms with Crippen molar-refractivity contribution in [2.45, 2.75) is 10.1 Å². The Labute approximate surface area is 174 Å². The molecule has 144 valence electrons. The van der Waals surface area contributed by atoms with Gasteiger partial charge in [0, 0.05) is 33.5 Å². The molecular weight excluding hydrogens is 464 g/mol. The van der Waals surface area contributed by atoms with Gasteiger partial charge in [0.15, 0.2) is 15.7 Å². The lowest BCUT2D eigenvalue weighted by Gasteiger charge is -2.07. The van der Waals surface area contributed by atoms with Gasteiger partial charge in [-0.25, -0.2) is 18.1 Å². The second kappa shape index (κ2) is 8.78. The second-order valence-electron chi connectivity index (χ2n) is 5.71. The minimum atomic E-state index is -3.27. The summed E-state index contributed by atoms with van der Waals surface area (Å²) in [7, 11) is -3.27. The maximum absolute atomic E-state index is 11.7. The Kier molecular flexibility index (Phi) is 6.40. The van der Waals surface area contributed by atoms with Gasteiger partial charge in [-0.1, -0.05) is 32.8 Å². The maximum atomic E-state index is 11.7. The lowest BCUT2D eigenvalue weighted by atomic mass is 10.2. The topological polar surface area (TPSA) is 114 Å². The number of nitrogens with zero attached hydrogens (tertiary/aromatic N) is 6. The summed E-state index contributed by atoms with van der Waals surface area (Å²) in [5.41, 5.74) is 9.94. The molecule has 0 aliphatic rings. The van der Waals surface area contributed by atoms with Crippen LogP contribution in [0.15, 0.2) is 68.2 Å². The molecule has 0 unspecified atom stereocenters. The van der Waals surface area contributed by atoms with Crippen molar-refractivity contribution >= 4 is 37.5 Å². The summed E-state index contributed by atoms with van der Waals surface area (Å²) < 4.78 is 26.1. The molecule has 0 amide bonds. The molecule has 0 fully saturated rings. The van der Waals surface area contributed by atoms with E-state index in [2.05, 4.69) is 36.0 Å². The van der Waals surface area contributed by atoms with Crippen LogP contribution in [0.4, 0.5) is 0 Å². The van der Waals surface area contributed by atoms with E-state index in [-0.39, 0.29) is 4.90 Å². The molecule has 1 heterocycles. The zero-order valence-electron chi connectivity index (χ0n) is 14.7. The quantitative estimate of drug-likeness (QED) is 0.163. The van der Waals surface area contributed by atoms with Crippen molar-refractivity contribution < 1.29 is 8.42 Å². The molecule has 0 atom stereocenters. The number of azide groups is 1. The van der Waals surface area contributed by atoms with Gasteiger partial charge in [0.1, 0.15) is 0 Å². The first-order valence-corrected chi connectivity index (χ1v) is 11.7. The largest absolute Gasteiger partial charge is 0.224 e. The molecule has 0 N–H and O–H groups in total. The first kappa shape index (κ1) is 20.4. The van der Waals surface area contributed by atoms with E-state index >= 15 is 0 Å². The fraction of sp³-hybridized carbons (Fsp3) is 0.176. The van der Waals surface area contributed by atoms with E-state index in [0.717, 1.165) is 15.7 Å². The zero-order chi connectivity index (χ0) is 20.1. The molecule has 0 radical (unpaired) electrons. The van der Waals surface area contributed by atoms with Gasteiger partial charge in [-0.3, -0.25) is 0 Å². The van der Waals surface area contributed by atoms with Crippen LogP contribution in [0.3, 0.4) is 0 Å². The summed E-state index contributed by atoms with van der Waals surface area (Å²) in [5, 5.41) is 8.61. The Morgan fingerprint density at radius 2 is 1.86 bits per heavy atom. The monoisotopic (exact) mass is 478 g/mol. The lowest BCUT2D eigenvalue weighted by molar-refractivity contribution is 0.602. The Morgan fingerprint density at radius 1 is 1.18 bits per heavy atom. The molecule has 11 heteroatoms. The van der Waals surface area contributed by atoms with Crippen LogP contribution in [-0.2, 0) is 9.84 Å². The number of aromatic nitrogens is 3. The van der Waals surface area contributed by atoms with Crippen LogP contribution >= 0.6 is 27.7 Å². The molecule has 3 aromatic rings. The van der Waals surface area contributed by atoms with E-state index in [1.807, 2.05) is 24.3 Å². The third kappa shape index (κ3) is 4.93. The van der Waals surface area contributed by atoms with Gasteiger partial charge < -0.3 is 0 Å². The minimum Gasteiger partial charge on any atom is -0.224 e. The molecular formula is C17H15BrN6O2S2. The van der Waals surface area contributed by atoms with E-state index in [0.29, 0.717) is 23.3 Å². The fourth-order valence-corrected chi connectivity index (χ4v) is 3.92. The molecule has 0 saturated carbocycles. The predicted molar refractivity (Wildman–Crippen MR) is 112 cm³/mol. The highest BCUT2D eigenvalue weighted by atomic mass is 79.9. The molecule has 0 bridgehead atoms. The third-order valence-corrected chi connectivity index (χ3v) is 6.16. The molecule has 0 spiro atoms. The van der Waals surface area contributed by atoms with E-state index in [1.165, 1.54) is 18.0 Å². The highest BCUT2D eigenvalue weighted by molar-refractivity contribution is 9.10. The molecule has 0 aliphatic carbocycles. The van der Waals surface area contributed by atoms with Gasteiger partial charge >= 0.3 is 0 Å². The average molecular weight is 479 g/mol. The summed E-state index contributed by atoms with van der Waals surface area (Å²) in [6, 6.07) is 14.2. The van der Waals surface area contributed by atoms with E-state index in [9.17, 15) is 8.42 Å². The normalized spacial score (nSPS) is 11.2. The van der Waals surface area contributed by atoms with E-state index in [1.54, 1.807) is 28.9 Å². The summed E-state index contributed by atoms with van der Waals surface area (Å²) in [4.78, 5) is 7.57. The average Bonchev–Trinajstić information content (AvgIpc) is 3.09. The van der Waals surface area contributed by atoms with Gasteiger partial charge in [-0.2, -0.15) is 0 Å². The lowest BCUT2D eigenvalue weighted by Crippen LogP contribution is -2.00. The SMILES string of the molecule is CS(=O)(=O)c1ccc(-c2nc(SCCN=[N+]=[N-])nn2-c2ccc(Br)cc2)cc1. The Bertz CT molecular complexity index is 1120. The standard InChI is InChI=1S/C17H15BrN6O2S2/c1-28(25,26)15-8-2-12(3-9-15)16-21-17(27-11-10-20-23-19)22-24(16)14-6-4-13(18)5-7-14/h2-9H,10-11H2,1H3. The molecule has 3 rings (SSSR count). The van der Waals surface area contributed by atoms with Crippen LogP contribution in [0.2, 0.25) is 0 Å². The Balaban J connectivity index is 2.00. The van der Waals surface area contributed by atoms with E-state index in [4.69, 9.17) is 5.53 Å². The van der Waals surface area contributed by atoms with Crippen molar-refractivity contribution in [3.05, 3.63) is 63.4 Å². The highest BCUT2D eigenvalue weighted by Crippen LogP contribution is 2.26. The number of benzene rings is 2. The van der Waals surface area contributed by atoms with Crippen molar-refractivity contribution in [3.8, 4) is 17.1 Å². The first-order chi connectivity index (χ1) is 13.4. The maximum Gasteiger partial charge on any atom is 0.209 e. The molecule has 28 heavy (non-hydrogen) atoms. The van der Waals surface area contributed by atoms with Gasteiger partial charge in [0.2, 0.25) is 5.16 Å². The van der Waals surface area contributed by atoms with Crippen molar-refractivity contribution in [1.82, 2.24) is 14.8 Å². The smallest absolute Gasteiger partial charge is 0.209 e. The fourth-order valence-electron chi connectivity index (χ4n) is 2.38. The minimum absolute atomic E-state index is 0.245. The van der Waals surface area contributed by atoms with Crippen molar-refractivity contribution in [2.75, 3.05) is 18.6 Å². The van der Waals surface area contributed by atoms with Crippen LogP contribution in [0, 0.1) is 0 Å². The number of hydrogen-bond acceptors (Lipinski definition) is 6. The second-order valence-corrected chi connectivity index (χ2v) is 9.70. The van der Waals surface area contributed by atoms with Gasteiger partial charge in [0.05, 0.1) is 10.6 Å². The molecule has 0 saturated heterocycles.